The summed E-state index contributed by atoms with van der Waals surface area (Å²) in [5, 5.41) is 3.86. The van der Waals surface area contributed by atoms with E-state index in [0.717, 1.165) is 11.3 Å². The third-order valence-electron chi connectivity index (χ3n) is 2.62. The number of hydrogen-bond acceptors (Lipinski definition) is 4. The average molecular weight is 286 g/mol. The summed E-state index contributed by atoms with van der Waals surface area (Å²) in [4.78, 5) is 11.9. The highest BCUT2D eigenvalue weighted by Gasteiger charge is 2.04. The van der Waals surface area contributed by atoms with E-state index in [1.807, 2.05) is 0 Å². The Bertz CT molecular complexity index is 586. The van der Waals surface area contributed by atoms with Gasteiger partial charge >= 0.3 is 0 Å². The summed E-state index contributed by atoms with van der Waals surface area (Å²) in [6, 6.07) is 8.71. The molecule has 5 nitrogen and oxygen atoms in total. The SMILES string of the molecule is CC(C)COc1ccc(C(=O)N/N=C\c2ccoc2)cc1. The fourth-order valence-corrected chi connectivity index (χ4v) is 1.54. The van der Waals surface area contributed by atoms with Crippen LogP contribution in [-0.4, -0.2) is 18.7 Å². The van der Waals surface area contributed by atoms with Crippen LogP contribution in [0.25, 0.3) is 0 Å². The number of ether oxygens (including phenoxy) is 1. The van der Waals surface area contributed by atoms with E-state index in [1.165, 1.54) is 12.5 Å². The van der Waals surface area contributed by atoms with Crippen molar-refractivity contribution in [2.24, 2.45) is 11.0 Å². The standard InChI is InChI=1S/C16H18N2O3/c1-12(2)10-21-15-5-3-14(4-6-15)16(19)18-17-9-13-7-8-20-11-13/h3-9,11-12H,10H2,1-2H3,(H,18,19)/b17-9-. The first-order valence-corrected chi connectivity index (χ1v) is 6.73. The fraction of sp³-hybridized carbons (Fsp3) is 0.250. The molecule has 110 valence electrons. The van der Waals surface area contributed by atoms with Crippen molar-refractivity contribution < 1.29 is 13.9 Å². The van der Waals surface area contributed by atoms with E-state index in [2.05, 4.69) is 24.4 Å². The maximum absolute atomic E-state index is 11.9. The number of carbonyl (C=O) groups excluding carboxylic acids is 1. The van der Waals surface area contributed by atoms with Crippen molar-refractivity contribution in [1.82, 2.24) is 5.43 Å². The van der Waals surface area contributed by atoms with Crippen LogP contribution < -0.4 is 10.2 Å². The Kier molecular flexibility index (Phi) is 5.15. The molecule has 2 rings (SSSR count). The van der Waals surface area contributed by atoms with Crippen LogP contribution >= 0.6 is 0 Å². The second kappa shape index (κ2) is 7.28. The van der Waals surface area contributed by atoms with Gasteiger partial charge in [0.1, 0.15) is 5.75 Å². The van der Waals surface area contributed by atoms with Crippen molar-refractivity contribution in [3.63, 3.8) is 0 Å². The first-order chi connectivity index (χ1) is 10.1. The molecule has 0 aliphatic carbocycles. The number of amides is 1. The molecule has 0 aliphatic heterocycles. The zero-order chi connectivity index (χ0) is 15.1. The van der Waals surface area contributed by atoms with Gasteiger partial charge in [-0.25, -0.2) is 5.43 Å². The van der Waals surface area contributed by atoms with E-state index in [-0.39, 0.29) is 5.91 Å². The fourth-order valence-electron chi connectivity index (χ4n) is 1.54. The monoisotopic (exact) mass is 286 g/mol. The minimum Gasteiger partial charge on any atom is -0.493 e. The molecular weight excluding hydrogens is 268 g/mol. The lowest BCUT2D eigenvalue weighted by Crippen LogP contribution is -2.17. The van der Waals surface area contributed by atoms with Gasteiger partial charge in [-0.1, -0.05) is 13.8 Å². The molecule has 0 saturated heterocycles. The summed E-state index contributed by atoms with van der Waals surface area (Å²) in [5.41, 5.74) is 3.76. The summed E-state index contributed by atoms with van der Waals surface area (Å²) in [6.45, 7) is 4.82. The second-order valence-corrected chi connectivity index (χ2v) is 4.99. The van der Waals surface area contributed by atoms with E-state index >= 15 is 0 Å². The number of benzene rings is 1. The quantitative estimate of drug-likeness (QED) is 0.655. The molecule has 1 N–H and O–H groups in total. The average Bonchev–Trinajstić information content (AvgIpc) is 2.99. The van der Waals surface area contributed by atoms with Gasteiger partial charge in [0.05, 0.1) is 25.3 Å². The van der Waals surface area contributed by atoms with Gasteiger partial charge in [0, 0.05) is 11.1 Å². The first-order valence-electron chi connectivity index (χ1n) is 6.73. The lowest BCUT2D eigenvalue weighted by Gasteiger charge is -2.08. The lowest BCUT2D eigenvalue weighted by molar-refractivity contribution is 0.0955. The molecule has 2 aromatic rings. The predicted molar refractivity (Wildman–Crippen MR) is 80.5 cm³/mol. The van der Waals surface area contributed by atoms with Crippen LogP contribution in [0.3, 0.4) is 0 Å². The molecule has 21 heavy (non-hydrogen) atoms. The number of nitrogens with one attached hydrogen (secondary N) is 1. The smallest absolute Gasteiger partial charge is 0.271 e. The van der Waals surface area contributed by atoms with Gasteiger partial charge in [-0.3, -0.25) is 4.79 Å². The number of furan rings is 1. The Labute approximate surface area is 123 Å². The molecular formula is C16H18N2O3. The molecule has 0 spiro atoms. The molecule has 0 fully saturated rings. The Morgan fingerprint density at radius 1 is 1.33 bits per heavy atom. The normalized spacial score (nSPS) is 11.0. The highest BCUT2D eigenvalue weighted by Crippen LogP contribution is 2.13. The van der Waals surface area contributed by atoms with Crippen molar-refractivity contribution in [2.75, 3.05) is 6.61 Å². The third kappa shape index (κ3) is 4.80. The van der Waals surface area contributed by atoms with E-state index in [0.29, 0.717) is 18.1 Å². The van der Waals surface area contributed by atoms with Crippen LogP contribution in [0, 0.1) is 5.92 Å². The van der Waals surface area contributed by atoms with Crippen molar-refractivity contribution >= 4 is 12.1 Å². The van der Waals surface area contributed by atoms with Crippen LogP contribution in [0.1, 0.15) is 29.8 Å². The highest BCUT2D eigenvalue weighted by atomic mass is 16.5. The number of hydrogen-bond donors (Lipinski definition) is 1. The van der Waals surface area contributed by atoms with Gasteiger partial charge in [0.2, 0.25) is 0 Å². The minimum atomic E-state index is -0.273. The maximum Gasteiger partial charge on any atom is 0.271 e. The van der Waals surface area contributed by atoms with Gasteiger partial charge in [-0.15, -0.1) is 0 Å². The predicted octanol–water partition coefficient (Wildman–Crippen LogP) is 3.08. The summed E-state index contributed by atoms with van der Waals surface area (Å²) in [6.07, 6.45) is 4.59. The van der Waals surface area contributed by atoms with Crippen LogP contribution in [0.5, 0.6) is 5.75 Å². The molecule has 1 aromatic heterocycles. The molecule has 0 unspecified atom stereocenters. The molecule has 1 aromatic carbocycles. The largest absolute Gasteiger partial charge is 0.493 e. The summed E-state index contributed by atoms with van der Waals surface area (Å²) >= 11 is 0. The van der Waals surface area contributed by atoms with E-state index in [1.54, 1.807) is 36.6 Å². The Morgan fingerprint density at radius 3 is 2.71 bits per heavy atom. The summed E-state index contributed by atoms with van der Waals surface area (Å²) < 4.78 is 10.5. The Balaban J connectivity index is 1.87. The Hall–Kier alpha value is -2.56. The van der Waals surface area contributed by atoms with E-state index in [9.17, 15) is 4.79 Å². The summed E-state index contributed by atoms with van der Waals surface area (Å²) in [7, 11) is 0. The van der Waals surface area contributed by atoms with Gasteiger partial charge in [-0.05, 0) is 36.2 Å². The number of rotatable bonds is 6. The highest BCUT2D eigenvalue weighted by molar-refractivity contribution is 5.94. The Morgan fingerprint density at radius 2 is 2.10 bits per heavy atom. The van der Waals surface area contributed by atoms with Crippen LogP contribution in [-0.2, 0) is 0 Å². The van der Waals surface area contributed by atoms with Crippen LogP contribution in [0.15, 0.2) is 52.4 Å². The van der Waals surface area contributed by atoms with Crippen LogP contribution in [0.2, 0.25) is 0 Å². The van der Waals surface area contributed by atoms with Crippen LogP contribution in [0.4, 0.5) is 0 Å². The molecule has 1 heterocycles. The van der Waals surface area contributed by atoms with E-state index in [4.69, 9.17) is 9.15 Å². The summed E-state index contributed by atoms with van der Waals surface area (Å²) in [5.74, 6) is 0.942. The number of carbonyl (C=O) groups is 1. The zero-order valence-corrected chi connectivity index (χ0v) is 12.1. The van der Waals surface area contributed by atoms with Crippen molar-refractivity contribution in [3.8, 4) is 5.75 Å². The minimum absolute atomic E-state index is 0.273. The molecule has 0 radical (unpaired) electrons. The van der Waals surface area contributed by atoms with Gasteiger partial charge in [0.25, 0.3) is 5.91 Å². The zero-order valence-electron chi connectivity index (χ0n) is 12.1. The van der Waals surface area contributed by atoms with Gasteiger partial charge in [0.15, 0.2) is 0 Å². The first kappa shape index (κ1) is 14.8. The topological polar surface area (TPSA) is 63.8 Å². The van der Waals surface area contributed by atoms with Gasteiger partial charge in [-0.2, -0.15) is 5.10 Å². The van der Waals surface area contributed by atoms with Crippen molar-refractivity contribution in [1.29, 1.82) is 0 Å². The molecule has 5 heteroatoms. The van der Waals surface area contributed by atoms with Gasteiger partial charge < -0.3 is 9.15 Å². The maximum atomic E-state index is 11.9. The molecule has 0 saturated carbocycles. The number of nitrogens with zero attached hydrogens (tertiary/aromatic N) is 1. The lowest BCUT2D eigenvalue weighted by atomic mass is 10.2. The molecule has 0 aliphatic rings. The third-order valence-corrected chi connectivity index (χ3v) is 2.62. The van der Waals surface area contributed by atoms with Crippen molar-refractivity contribution in [3.05, 3.63) is 54.0 Å². The molecule has 0 atom stereocenters. The second-order valence-electron chi connectivity index (χ2n) is 4.99. The molecule has 1 amide bonds. The molecule has 0 bridgehead atoms. The number of hydrazone groups is 1. The van der Waals surface area contributed by atoms with Crippen molar-refractivity contribution in [2.45, 2.75) is 13.8 Å². The van der Waals surface area contributed by atoms with E-state index < -0.39 is 0 Å².